The lowest BCUT2D eigenvalue weighted by molar-refractivity contribution is 0.578. The SMILES string of the molecule is CS(=O)(=O)c1ccc(N(CC2CCCN2)C2CC2)cc1. The molecule has 1 N–H and O–H groups in total. The summed E-state index contributed by atoms with van der Waals surface area (Å²) in [5.74, 6) is 0. The Labute approximate surface area is 121 Å². The number of anilines is 1. The molecule has 0 spiro atoms. The molecule has 2 aliphatic rings. The van der Waals surface area contributed by atoms with Crippen LogP contribution in [-0.2, 0) is 9.84 Å². The lowest BCUT2D eigenvalue weighted by atomic mass is 10.2. The van der Waals surface area contributed by atoms with Crippen LogP contribution in [0.5, 0.6) is 0 Å². The summed E-state index contributed by atoms with van der Waals surface area (Å²) in [6, 6.07) is 8.56. The molecule has 20 heavy (non-hydrogen) atoms. The molecule has 0 radical (unpaired) electrons. The Morgan fingerprint density at radius 3 is 2.40 bits per heavy atom. The number of rotatable bonds is 5. The van der Waals surface area contributed by atoms with Crippen molar-refractivity contribution in [2.75, 3.05) is 24.2 Å². The molecule has 1 aliphatic heterocycles. The molecule has 0 aromatic heterocycles. The number of nitrogens with one attached hydrogen (secondary N) is 1. The number of benzene rings is 1. The molecule has 1 heterocycles. The lowest BCUT2D eigenvalue weighted by Gasteiger charge is -2.28. The smallest absolute Gasteiger partial charge is 0.175 e. The van der Waals surface area contributed by atoms with E-state index in [-0.39, 0.29) is 0 Å². The van der Waals surface area contributed by atoms with E-state index in [1.807, 2.05) is 12.1 Å². The van der Waals surface area contributed by atoms with Gasteiger partial charge in [-0.05, 0) is 56.5 Å². The minimum Gasteiger partial charge on any atom is -0.367 e. The summed E-state index contributed by atoms with van der Waals surface area (Å²) in [6.45, 7) is 2.15. The van der Waals surface area contributed by atoms with E-state index in [4.69, 9.17) is 0 Å². The predicted molar refractivity (Wildman–Crippen MR) is 80.9 cm³/mol. The van der Waals surface area contributed by atoms with E-state index in [2.05, 4.69) is 10.2 Å². The van der Waals surface area contributed by atoms with Crippen LogP contribution in [0.1, 0.15) is 25.7 Å². The van der Waals surface area contributed by atoms with E-state index >= 15 is 0 Å². The highest BCUT2D eigenvalue weighted by molar-refractivity contribution is 7.90. The van der Waals surface area contributed by atoms with Crippen LogP contribution in [-0.4, -0.2) is 39.8 Å². The Bertz CT molecular complexity index is 558. The first kappa shape index (κ1) is 13.9. The molecule has 1 aromatic carbocycles. The van der Waals surface area contributed by atoms with E-state index in [0.29, 0.717) is 17.0 Å². The first-order chi connectivity index (χ1) is 9.54. The number of hydrogen-bond donors (Lipinski definition) is 1. The predicted octanol–water partition coefficient (Wildman–Crippen LogP) is 1.81. The maximum absolute atomic E-state index is 11.5. The second-order valence-electron chi connectivity index (χ2n) is 5.94. The highest BCUT2D eigenvalue weighted by Gasteiger charge is 2.31. The van der Waals surface area contributed by atoms with Gasteiger partial charge in [0.15, 0.2) is 9.84 Å². The Morgan fingerprint density at radius 1 is 1.20 bits per heavy atom. The average molecular weight is 294 g/mol. The molecule has 1 aromatic rings. The van der Waals surface area contributed by atoms with Gasteiger partial charge in [0.05, 0.1) is 4.90 Å². The van der Waals surface area contributed by atoms with Crippen LogP contribution in [0.15, 0.2) is 29.2 Å². The zero-order valence-corrected chi connectivity index (χ0v) is 12.7. The van der Waals surface area contributed by atoms with Crippen LogP contribution in [0, 0.1) is 0 Å². The first-order valence-corrected chi connectivity index (χ1v) is 9.23. The van der Waals surface area contributed by atoms with Crippen molar-refractivity contribution in [3.63, 3.8) is 0 Å². The van der Waals surface area contributed by atoms with Gasteiger partial charge in [0.1, 0.15) is 0 Å². The number of nitrogens with zero attached hydrogens (tertiary/aromatic N) is 1. The molecular weight excluding hydrogens is 272 g/mol. The molecule has 1 saturated heterocycles. The Kier molecular flexibility index (Phi) is 3.73. The highest BCUT2D eigenvalue weighted by Crippen LogP contribution is 2.32. The molecule has 2 fully saturated rings. The molecule has 1 atom stereocenters. The lowest BCUT2D eigenvalue weighted by Crippen LogP contribution is -2.38. The van der Waals surface area contributed by atoms with Gasteiger partial charge in [-0.15, -0.1) is 0 Å². The van der Waals surface area contributed by atoms with E-state index in [1.165, 1.54) is 31.9 Å². The van der Waals surface area contributed by atoms with E-state index in [9.17, 15) is 8.42 Å². The maximum Gasteiger partial charge on any atom is 0.175 e. The number of hydrogen-bond acceptors (Lipinski definition) is 4. The van der Waals surface area contributed by atoms with Crippen molar-refractivity contribution in [3.05, 3.63) is 24.3 Å². The largest absolute Gasteiger partial charge is 0.367 e. The summed E-state index contributed by atoms with van der Waals surface area (Å²) in [4.78, 5) is 2.84. The monoisotopic (exact) mass is 294 g/mol. The van der Waals surface area contributed by atoms with Crippen molar-refractivity contribution in [1.82, 2.24) is 5.32 Å². The van der Waals surface area contributed by atoms with Crippen LogP contribution in [0.3, 0.4) is 0 Å². The molecular formula is C15H22N2O2S. The summed E-state index contributed by atoms with van der Waals surface area (Å²) < 4.78 is 23.0. The van der Waals surface area contributed by atoms with Crippen molar-refractivity contribution in [3.8, 4) is 0 Å². The third-order valence-electron chi connectivity index (χ3n) is 4.16. The Morgan fingerprint density at radius 2 is 1.90 bits per heavy atom. The van der Waals surface area contributed by atoms with Crippen LogP contribution < -0.4 is 10.2 Å². The minimum absolute atomic E-state index is 0.399. The molecule has 110 valence electrons. The normalized spacial score (nSPS) is 22.9. The van der Waals surface area contributed by atoms with Gasteiger partial charge >= 0.3 is 0 Å². The molecule has 4 nitrogen and oxygen atoms in total. The fourth-order valence-electron chi connectivity index (χ4n) is 2.89. The molecule has 3 rings (SSSR count). The summed E-state index contributed by atoms with van der Waals surface area (Å²) in [5.41, 5.74) is 1.15. The molecule has 5 heteroatoms. The summed E-state index contributed by atoms with van der Waals surface area (Å²) in [7, 11) is -3.10. The van der Waals surface area contributed by atoms with Crippen molar-refractivity contribution in [2.24, 2.45) is 0 Å². The third kappa shape index (κ3) is 3.15. The van der Waals surface area contributed by atoms with Crippen molar-refractivity contribution < 1.29 is 8.42 Å². The maximum atomic E-state index is 11.5. The van der Waals surface area contributed by atoms with E-state index < -0.39 is 9.84 Å². The molecule has 0 bridgehead atoms. The standard InChI is InChI=1S/C15H22N2O2S/c1-20(18,19)15-8-6-14(7-9-15)17(13-4-5-13)11-12-3-2-10-16-12/h6-9,12-13,16H,2-5,10-11H2,1H3. The molecule has 1 aliphatic carbocycles. The van der Waals surface area contributed by atoms with Gasteiger partial charge in [-0.1, -0.05) is 0 Å². The summed E-state index contributed by atoms with van der Waals surface area (Å²) in [5, 5.41) is 3.54. The van der Waals surface area contributed by atoms with Crippen LogP contribution >= 0.6 is 0 Å². The zero-order chi connectivity index (χ0) is 14.2. The second kappa shape index (κ2) is 5.37. The molecule has 1 saturated carbocycles. The summed E-state index contributed by atoms with van der Waals surface area (Å²) >= 11 is 0. The van der Waals surface area contributed by atoms with Gasteiger partial charge in [0, 0.05) is 30.6 Å². The van der Waals surface area contributed by atoms with Gasteiger partial charge in [-0.3, -0.25) is 0 Å². The van der Waals surface area contributed by atoms with Gasteiger partial charge in [0.2, 0.25) is 0 Å². The first-order valence-electron chi connectivity index (χ1n) is 7.34. The van der Waals surface area contributed by atoms with Crippen LogP contribution in [0.2, 0.25) is 0 Å². The molecule has 1 unspecified atom stereocenters. The Balaban J connectivity index is 1.77. The second-order valence-corrected chi connectivity index (χ2v) is 7.96. The van der Waals surface area contributed by atoms with Gasteiger partial charge in [-0.25, -0.2) is 8.42 Å². The number of sulfone groups is 1. The molecule has 0 amide bonds. The van der Waals surface area contributed by atoms with Crippen molar-refractivity contribution in [2.45, 2.75) is 42.7 Å². The van der Waals surface area contributed by atoms with Gasteiger partial charge in [-0.2, -0.15) is 0 Å². The zero-order valence-electron chi connectivity index (χ0n) is 11.9. The Hall–Kier alpha value is -1.07. The van der Waals surface area contributed by atoms with E-state index in [0.717, 1.165) is 18.8 Å². The van der Waals surface area contributed by atoms with Crippen molar-refractivity contribution >= 4 is 15.5 Å². The summed E-state index contributed by atoms with van der Waals surface area (Å²) in [6.07, 6.45) is 6.26. The van der Waals surface area contributed by atoms with Crippen LogP contribution in [0.25, 0.3) is 0 Å². The third-order valence-corrected chi connectivity index (χ3v) is 5.29. The van der Waals surface area contributed by atoms with Gasteiger partial charge in [0.25, 0.3) is 0 Å². The minimum atomic E-state index is -3.10. The van der Waals surface area contributed by atoms with Crippen molar-refractivity contribution in [1.29, 1.82) is 0 Å². The van der Waals surface area contributed by atoms with Gasteiger partial charge < -0.3 is 10.2 Å². The average Bonchev–Trinajstić information content (AvgIpc) is 3.12. The highest BCUT2D eigenvalue weighted by atomic mass is 32.2. The van der Waals surface area contributed by atoms with E-state index in [1.54, 1.807) is 12.1 Å². The topological polar surface area (TPSA) is 49.4 Å². The quantitative estimate of drug-likeness (QED) is 0.900. The fraction of sp³-hybridized carbons (Fsp3) is 0.600. The van der Waals surface area contributed by atoms with Crippen LogP contribution in [0.4, 0.5) is 5.69 Å². The fourth-order valence-corrected chi connectivity index (χ4v) is 3.52.